The largest absolute Gasteiger partial charge is 0.376 e. The van der Waals surface area contributed by atoms with E-state index in [1.807, 2.05) is 36.4 Å². The molecule has 1 atom stereocenters. The van der Waals surface area contributed by atoms with Crippen LogP contribution in [0.15, 0.2) is 64.5 Å². The standard InChI is InChI=1S/C21H20N2O3S/c24-19(15-7-2-1-3-8-15)14-27-21-22-18-11-5-4-10-17(18)20(25)23(21)13-16-9-6-12-26-16/h1-5,7-8,10-11,16H,6,9,12-14H2/t16-/m1/s1. The first-order valence-corrected chi connectivity index (χ1v) is 10.0. The molecule has 1 fully saturated rings. The topological polar surface area (TPSA) is 61.2 Å². The van der Waals surface area contributed by atoms with E-state index in [0.717, 1.165) is 19.4 Å². The molecule has 2 aromatic carbocycles. The van der Waals surface area contributed by atoms with Crippen molar-refractivity contribution in [2.45, 2.75) is 30.6 Å². The van der Waals surface area contributed by atoms with Crippen LogP contribution < -0.4 is 5.56 Å². The van der Waals surface area contributed by atoms with Crippen LogP contribution in [-0.4, -0.2) is 33.8 Å². The normalized spacial score (nSPS) is 16.7. The van der Waals surface area contributed by atoms with Crippen molar-refractivity contribution in [2.75, 3.05) is 12.4 Å². The van der Waals surface area contributed by atoms with E-state index in [1.54, 1.807) is 22.8 Å². The van der Waals surface area contributed by atoms with E-state index in [2.05, 4.69) is 4.98 Å². The molecule has 3 aromatic rings. The van der Waals surface area contributed by atoms with E-state index in [-0.39, 0.29) is 23.2 Å². The van der Waals surface area contributed by atoms with E-state index >= 15 is 0 Å². The van der Waals surface area contributed by atoms with Crippen molar-refractivity contribution in [2.24, 2.45) is 0 Å². The van der Waals surface area contributed by atoms with Gasteiger partial charge in [0, 0.05) is 12.2 Å². The van der Waals surface area contributed by atoms with Crippen molar-refractivity contribution < 1.29 is 9.53 Å². The monoisotopic (exact) mass is 380 g/mol. The van der Waals surface area contributed by atoms with Crippen molar-refractivity contribution in [1.29, 1.82) is 0 Å². The molecule has 0 saturated carbocycles. The number of hydrogen-bond donors (Lipinski definition) is 0. The number of aromatic nitrogens is 2. The molecule has 6 heteroatoms. The lowest BCUT2D eigenvalue weighted by atomic mass is 10.2. The Labute approximate surface area is 161 Å². The highest BCUT2D eigenvalue weighted by atomic mass is 32.2. The smallest absolute Gasteiger partial charge is 0.262 e. The number of Topliss-reactive ketones (excluding diaryl/α,β-unsaturated/α-hetero) is 1. The molecule has 0 aliphatic carbocycles. The molecule has 27 heavy (non-hydrogen) atoms. The Hall–Kier alpha value is -2.44. The summed E-state index contributed by atoms with van der Waals surface area (Å²) in [5, 5.41) is 1.16. The van der Waals surface area contributed by atoms with Gasteiger partial charge in [0.2, 0.25) is 0 Å². The molecule has 4 rings (SSSR count). The van der Waals surface area contributed by atoms with Crippen molar-refractivity contribution in [3.05, 3.63) is 70.5 Å². The van der Waals surface area contributed by atoms with Gasteiger partial charge in [-0.05, 0) is 25.0 Å². The highest BCUT2D eigenvalue weighted by molar-refractivity contribution is 7.99. The van der Waals surface area contributed by atoms with Gasteiger partial charge in [0.15, 0.2) is 10.9 Å². The molecule has 138 valence electrons. The minimum Gasteiger partial charge on any atom is -0.376 e. The average molecular weight is 380 g/mol. The van der Waals surface area contributed by atoms with Crippen LogP contribution in [0.4, 0.5) is 0 Å². The second-order valence-corrected chi connectivity index (χ2v) is 7.48. The van der Waals surface area contributed by atoms with E-state index in [0.29, 0.717) is 28.2 Å². The summed E-state index contributed by atoms with van der Waals surface area (Å²) in [5.41, 5.74) is 1.24. The number of nitrogens with zero attached hydrogens (tertiary/aromatic N) is 2. The molecule has 1 aliphatic heterocycles. The highest BCUT2D eigenvalue weighted by Gasteiger charge is 2.20. The maximum Gasteiger partial charge on any atom is 0.262 e. The van der Waals surface area contributed by atoms with Crippen LogP contribution in [0.2, 0.25) is 0 Å². The second kappa shape index (κ2) is 8.06. The van der Waals surface area contributed by atoms with Gasteiger partial charge >= 0.3 is 0 Å². The fraction of sp³-hybridized carbons (Fsp3) is 0.286. The zero-order valence-electron chi connectivity index (χ0n) is 14.8. The van der Waals surface area contributed by atoms with Crippen LogP contribution in [0.3, 0.4) is 0 Å². The van der Waals surface area contributed by atoms with Crippen LogP contribution in [0.25, 0.3) is 10.9 Å². The van der Waals surface area contributed by atoms with Gasteiger partial charge in [0.05, 0.1) is 29.3 Å². The number of rotatable bonds is 6. The molecule has 5 nitrogen and oxygen atoms in total. The van der Waals surface area contributed by atoms with Gasteiger partial charge < -0.3 is 4.74 Å². The number of ketones is 1. The van der Waals surface area contributed by atoms with Gasteiger partial charge in [0.1, 0.15) is 0 Å². The molecule has 1 aromatic heterocycles. The minimum atomic E-state index is -0.0780. The van der Waals surface area contributed by atoms with Crippen LogP contribution in [-0.2, 0) is 11.3 Å². The van der Waals surface area contributed by atoms with E-state index in [9.17, 15) is 9.59 Å². The number of para-hydroxylation sites is 1. The van der Waals surface area contributed by atoms with Gasteiger partial charge in [-0.1, -0.05) is 54.2 Å². The third-order valence-electron chi connectivity index (χ3n) is 4.66. The van der Waals surface area contributed by atoms with E-state index < -0.39 is 0 Å². The molecule has 0 radical (unpaired) electrons. The fourth-order valence-electron chi connectivity index (χ4n) is 3.25. The minimum absolute atomic E-state index is 0.0201. The average Bonchev–Trinajstić information content (AvgIpc) is 3.22. The molecule has 1 aliphatic rings. The van der Waals surface area contributed by atoms with E-state index in [1.165, 1.54) is 11.8 Å². The number of carbonyl (C=O) groups is 1. The number of carbonyl (C=O) groups excluding carboxylic acids is 1. The van der Waals surface area contributed by atoms with Gasteiger partial charge in [-0.15, -0.1) is 0 Å². The van der Waals surface area contributed by atoms with Crippen LogP contribution >= 0.6 is 11.8 Å². The lowest BCUT2D eigenvalue weighted by Crippen LogP contribution is -2.29. The van der Waals surface area contributed by atoms with E-state index in [4.69, 9.17) is 4.74 Å². The Morgan fingerprint density at radius 2 is 1.93 bits per heavy atom. The summed E-state index contributed by atoms with van der Waals surface area (Å²) in [6.07, 6.45) is 1.97. The Balaban J connectivity index is 1.65. The summed E-state index contributed by atoms with van der Waals surface area (Å²) in [5.74, 6) is 0.256. The second-order valence-electron chi connectivity index (χ2n) is 6.54. The van der Waals surface area contributed by atoms with Crippen molar-refractivity contribution in [3.63, 3.8) is 0 Å². The Kier molecular flexibility index (Phi) is 5.36. The molecule has 0 spiro atoms. The molecular formula is C21H20N2O3S. The number of benzene rings is 2. The van der Waals surface area contributed by atoms with Gasteiger partial charge in [-0.2, -0.15) is 0 Å². The first-order chi connectivity index (χ1) is 13.2. The van der Waals surface area contributed by atoms with Crippen molar-refractivity contribution in [3.8, 4) is 0 Å². The molecule has 0 unspecified atom stereocenters. The Bertz CT molecular complexity index is 1010. The van der Waals surface area contributed by atoms with Crippen LogP contribution in [0, 0.1) is 0 Å². The number of ether oxygens (including phenoxy) is 1. The van der Waals surface area contributed by atoms with Crippen molar-refractivity contribution >= 4 is 28.4 Å². The van der Waals surface area contributed by atoms with Gasteiger partial charge in [-0.3, -0.25) is 14.2 Å². The highest BCUT2D eigenvalue weighted by Crippen LogP contribution is 2.22. The number of fused-ring (bicyclic) bond motifs is 1. The van der Waals surface area contributed by atoms with Crippen molar-refractivity contribution in [1.82, 2.24) is 9.55 Å². The quantitative estimate of drug-likeness (QED) is 0.372. The summed E-state index contributed by atoms with van der Waals surface area (Å²) < 4.78 is 7.38. The summed E-state index contributed by atoms with van der Waals surface area (Å²) in [6.45, 7) is 1.20. The molecule has 2 heterocycles. The first-order valence-electron chi connectivity index (χ1n) is 9.04. The predicted octanol–water partition coefficient (Wildman–Crippen LogP) is 3.55. The zero-order valence-corrected chi connectivity index (χ0v) is 15.7. The number of thioether (sulfide) groups is 1. The lowest BCUT2D eigenvalue weighted by Gasteiger charge is -2.16. The van der Waals surface area contributed by atoms with Crippen LogP contribution in [0.5, 0.6) is 0 Å². The van der Waals surface area contributed by atoms with Gasteiger partial charge in [0.25, 0.3) is 5.56 Å². The zero-order chi connectivity index (χ0) is 18.6. The molecule has 0 bridgehead atoms. The molecule has 0 amide bonds. The first kappa shape index (κ1) is 17.9. The van der Waals surface area contributed by atoms with Crippen LogP contribution in [0.1, 0.15) is 23.2 Å². The Morgan fingerprint density at radius 1 is 1.15 bits per heavy atom. The third-order valence-corrected chi connectivity index (χ3v) is 5.64. The molecule has 1 saturated heterocycles. The van der Waals surface area contributed by atoms with Gasteiger partial charge in [-0.25, -0.2) is 4.98 Å². The lowest BCUT2D eigenvalue weighted by molar-refractivity contribution is 0.0937. The summed E-state index contributed by atoms with van der Waals surface area (Å²) in [4.78, 5) is 30.1. The summed E-state index contributed by atoms with van der Waals surface area (Å²) in [6, 6.07) is 16.5. The summed E-state index contributed by atoms with van der Waals surface area (Å²) >= 11 is 1.31. The SMILES string of the molecule is O=C(CSc1nc2ccccc2c(=O)n1C[C@H]1CCCO1)c1ccccc1. The fourth-order valence-corrected chi connectivity index (χ4v) is 4.15. The molecular weight excluding hydrogens is 360 g/mol. The Morgan fingerprint density at radius 3 is 2.70 bits per heavy atom. The third kappa shape index (κ3) is 3.96. The molecule has 0 N–H and O–H groups in total. The maximum atomic E-state index is 13.0. The summed E-state index contributed by atoms with van der Waals surface area (Å²) in [7, 11) is 0. The maximum absolute atomic E-state index is 13.0. The predicted molar refractivity (Wildman–Crippen MR) is 106 cm³/mol. The number of hydrogen-bond acceptors (Lipinski definition) is 5.